The first-order chi connectivity index (χ1) is 4.68. The molecule has 0 aliphatic heterocycles. The SMILES string of the molecule is C[C@H](N)Cc1csc(Br)n1. The zero-order valence-corrected chi connectivity index (χ0v) is 8.08. The van der Waals surface area contributed by atoms with Crippen molar-refractivity contribution in [2.75, 3.05) is 0 Å². The number of halogens is 1. The summed E-state index contributed by atoms with van der Waals surface area (Å²) in [4.78, 5) is 4.21. The zero-order chi connectivity index (χ0) is 7.56. The molecule has 0 spiro atoms. The van der Waals surface area contributed by atoms with E-state index in [1.54, 1.807) is 11.3 Å². The van der Waals surface area contributed by atoms with E-state index in [1.807, 2.05) is 12.3 Å². The van der Waals surface area contributed by atoms with Gasteiger partial charge in [0.2, 0.25) is 0 Å². The molecular formula is C6H9BrN2S. The topological polar surface area (TPSA) is 38.9 Å². The molecule has 1 atom stereocenters. The Morgan fingerprint density at radius 1 is 1.90 bits per heavy atom. The van der Waals surface area contributed by atoms with Crippen LogP contribution in [-0.4, -0.2) is 11.0 Å². The van der Waals surface area contributed by atoms with Crippen LogP contribution in [0.1, 0.15) is 12.6 Å². The van der Waals surface area contributed by atoms with Crippen LogP contribution in [0.4, 0.5) is 0 Å². The molecule has 0 aromatic carbocycles. The number of nitrogens with two attached hydrogens (primary N) is 1. The molecule has 0 fully saturated rings. The molecule has 0 unspecified atom stereocenters. The van der Waals surface area contributed by atoms with Gasteiger partial charge in [0.15, 0.2) is 3.92 Å². The van der Waals surface area contributed by atoms with Crippen LogP contribution in [0.5, 0.6) is 0 Å². The second kappa shape index (κ2) is 3.46. The lowest BCUT2D eigenvalue weighted by atomic mass is 10.2. The standard InChI is InChI=1S/C6H9BrN2S/c1-4(8)2-5-3-10-6(7)9-5/h3-4H,2,8H2,1H3/t4-/m0/s1. The molecule has 2 N–H and O–H groups in total. The van der Waals surface area contributed by atoms with Crippen LogP contribution in [0.3, 0.4) is 0 Å². The highest BCUT2D eigenvalue weighted by molar-refractivity contribution is 9.11. The van der Waals surface area contributed by atoms with Gasteiger partial charge in [-0.1, -0.05) is 0 Å². The molecule has 0 bridgehead atoms. The highest BCUT2D eigenvalue weighted by Gasteiger charge is 2.00. The predicted molar refractivity (Wildman–Crippen MR) is 47.2 cm³/mol. The summed E-state index contributed by atoms with van der Waals surface area (Å²) in [6.07, 6.45) is 0.863. The molecule has 1 aromatic heterocycles. The van der Waals surface area contributed by atoms with E-state index in [0.717, 1.165) is 16.0 Å². The van der Waals surface area contributed by atoms with Crippen LogP contribution >= 0.6 is 27.3 Å². The Hall–Kier alpha value is 0.0700. The quantitative estimate of drug-likeness (QED) is 0.826. The molecule has 0 saturated heterocycles. The maximum atomic E-state index is 5.58. The van der Waals surface area contributed by atoms with Gasteiger partial charge in [0.25, 0.3) is 0 Å². The van der Waals surface area contributed by atoms with Gasteiger partial charge in [-0.2, -0.15) is 0 Å². The maximum absolute atomic E-state index is 5.58. The van der Waals surface area contributed by atoms with E-state index in [2.05, 4.69) is 20.9 Å². The van der Waals surface area contributed by atoms with Gasteiger partial charge in [0.1, 0.15) is 0 Å². The molecule has 1 heterocycles. The van der Waals surface area contributed by atoms with Crippen molar-refractivity contribution < 1.29 is 0 Å². The Morgan fingerprint density at radius 3 is 3.00 bits per heavy atom. The Morgan fingerprint density at radius 2 is 2.60 bits per heavy atom. The van der Waals surface area contributed by atoms with Gasteiger partial charge < -0.3 is 5.73 Å². The average molecular weight is 221 g/mol. The molecule has 0 saturated carbocycles. The van der Waals surface area contributed by atoms with E-state index in [4.69, 9.17) is 5.73 Å². The molecule has 1 aromatic rings. The molecule has 4 heteroatoms. The van der Waals surface area contributed by atoms with E-state index in [9.17, 15) is 0 Å². The number of hydrogen-bond acceptors (Lipinski definition) is 3. The summed E-state index contributed by atoms with van der Waals surface area (Å²) in [5.41, 5.74) is 6.66. The summed E-state index contributed by atoms with van der Waals surface area (Å²) in [6.45, 7) is 1.98. The summed E-state index contributed by atoms with van der Waals surface area (Å²) in [7, 11) is 0. The monoisotopic (exact) mass is 220 g/mol. The second-order valence-corrected chi connectivity index (χ2v) is 4.41. The lowest BCUT2D eigenvalue weighted by molar-refractivity contribution is 0.725. The summed E-state index contributed by atoms with van der Waals surface area (Å²) in [6, 6.07) is 0.203. The maximum Gasteiger partial charge on any atom is 0.159 e. The van der Waals surface area contributed by atoms with Crippen molar-refractivity contribution in [2.45, 2.75) is 19.4 Å². The van der Waals surface area contributed by atoms with Crippen molar-refractivity contribution in [1.82, 2.24) is 4.98 Å². The highest BCUT2D eigenvalue weighted by Crippen LogP contribution is 2.16. The molecule has 10 heavy (non-hydrogen) atoms. The minimum atomic E-state index is 0.203. The number of thiazole rings is 1. The molecule has 0 aliphatic carbocycles. The van der Waals surface area contributed by atoms with Gasteiger partial charge in [-0.15, -0.1) is 11.3 Å². The van der Waals surface area contributed by atoms with E-state index < -0.39 is 0 Å². The van der Waals surface area contributed by atoms with E-state index in [-0.39, 0.29) is 6.04 Å². The van der Waals surface area contributed by atoms with Gasteiger partial charge in [0.05, 0.1) is 5.69 Å². The fraction of sp³-hybridized carbons (Fsp3) is 0.500. The van der Waals surface area contributed by atoms with Crippen molar-refractivity contribution in [2.24, 2.45) is 5.73 Å². The largest absolute Gasteiger partial charge is 0.328 e. The summed E-state index contributed by atoms with van der Waals surface area (Å²) >= 11 is 4.89. The number of aromatic nitrogens is 1. The van der Waals surface area contributed by atoms with Crippen molar-refractivity contribution in [1.29, 1.82) is 0 Å². The minimum Gasteiger partial charge on any atom is -0.328 e. The summed E-state index contributed by atoms with van der Waals surface area (Å²) in [5.74, 6) is 0. The number of hydrogen-bond donors (Lipinski definition) is 1. The fourth-order valence-electron chi connectivity index (χ4n) is 0.706. The molecule has 1 rings (SSSR count). The van der Waals surface area contributed by atoms with Gasteiger partial charge in [-0.05, 0) is 22.9 Å². The Balaban J connectivity index is 2.58. The van der Waals surface area contributed by atoms with Crippen molar-refractivity contribution in [3.63, 3.8) is 0 Å². The first kappa shape index (κ1) is 8.17. The number of rotatable bonds is 2. The summed E-state index contributed by atoms with van der Waals surface area (Å²) in [5, 5.41) is 2.02. The molecule has 0 radical (unpaired) electrons. The van der Waals surface area contributed by atoms with Crippen LogP contribution in [-0.2, 0) is 6.42 Å². The minimum absolute atomic E-state index is 0.203. The zero-order valence-electron chi connectivity index (χ0n) is 5.67. The van der Waals surface area contributed by atoms with Gasteiger partial charge in [-0.3, -0.25) is 0 Å². The van der Waals surface area contributed by atoms with E-state index in [1.165, 1.54) is 0 Å². The lowest BCUT2D eigenvalue weighted by Crippen LogP contribution is -2.17. The lowest BCUT2D eigenvalue weighted by Gasteiger charge is -1.98. The van der Waals surface area contributed by atoms with Gasteiger partial charge in [0, 0.05) is 17.8 Å². The third-order valence-electron chi connectivity index (χ3n) is 1.05. The Kier molecular flexibility index (Phi) is 2.82. The first-order valence-electron chi connectivity index (χ1n) is 3.04. The molecule has 2 nitrogen and oxygen atoms in total. The Bertz CT molecular complexity index is 209. The molecule has 0 amide bonds. The van der Waals surface area contributed by atoms with Crippen molar-refractivity contribution >= 4 is 27.3 Å². The third kappa shape index (κ3) is 2.36. The van der Waals surface area contributed by atoms with Crippen LogP contribution in [0.15, 0.2) is 9.30 Å². The fourth-order valence-corrected chi connectivity index (χ4v) is 1.77. The third-order valence-corrected chi connectivity index (χ3v) is 2.47. The van der Waals surface area contributed by atoms with E-state index in [0.29, 0.717) is 0 Å². The van der Waals surface area contributed by atoms with Gasteiger partial charge >= 0.3 is 0 Å². The smallest absolute Gasteiger partial charge is 0.159 e. The highest BCUT2D eigenvalue weighted by atomic mass is 79.9. The van der Waals surface area contributed by atoms with Crippen LogP contribution < -0.4 is 5.73 Å². The van der Waals surface area contributed by atoms with Crippen LogP contribution in [0, 0.1) is 0 Å². The number of nitrogens with zero attached hydrogens (tertiary/aromatic N) is 1. The van der Waals surface area contributed by atoms with Crippen LogP contribution in [0.2, 0.25) is 0 Å². The van der Waals surface area contributed by atoms with Crippen molar-refractivity contribution in [3.05, 3.63) is 15.0 Å². The van der Waals surface area contributed by atoms with Crippen LogP contribution in [0.25, 0.3) is 0 Å². The predicted octanol–water partition coefficient (Wildman–Crippen LogP) is 1.80. The average Bonchev–Trinajstić information content (AvgIpc) is 2.13. The summed E-state index contributed by atoms with van der Waals surface area (Å²) < 4.78 is 0.933. The molecule has 0 aliphatic rings. The Labute approximate surface area is 72.6 Å². The second-order valence-electron chi connectivity index (χ2n) is 2.27. The van der Waals surface area contributed by atoms with Gasteiger partial charge in [-0.25, -0.2) is 4.98 Å². The first-order valence-corrected chi connectivity index (χ1v) is 4.71. The molecular weight excluding hydrogens is 212 g/mol. The van der Waals surface area contributed by atoms with Crippen molar-refractivity contribution in [3.8, 4) is 0 Å². The van der Waals surface area contributed by atoms with E-state index >= 15 is 0 Å². The normalized spacial score (nSPS) is 13.5. The molecule has 56 valence electrons.